The van der Waals surface area contributed by atoms with Gasteiger partial charge in [0.05, 0.1) is 14.2 Å². The molecule has 0 aliphatic carbocycles. The molecule has 94 valence electrons. The van der Waals surface area contributed by atoms with E-state index in [0.717, 1.165) is 25.7 Å². The minimum atomic E-state index is -1.16. The summed E-state index contributed by atoms with van der Waals surface area (Å²) >= 11 is 0. The second-order valence-electron chi connectivity index (χ2n) is 4.13. The minimum Gasteiger partial charge on any atom is -0.468 e. The Hall–Kier alpha value is -1.06. The zero-order chi connectivity index (χ0) is 12.6. The van der Waals surface area contributed by atoms with Gasteiger partial charge in [0.15, 0.2) is 5.41 Å². The Bertz CT molecular complexity index is 219. The average molecular weight is 230 g/mol. The number of esters is 2. The van der Waals surface area contributed by atoms with Crippen molar-refractivity contribution >= 4 is 11.9 Å². The normalized spacial score (nSPS) is 11.0. The standard InChI is InChI=1S/C12H22O4/c1-5-6-7-8-9-12(2,10(13)15-3)11(14)16-4/h5-9H2,1-4H3. The van der Waals surface area contributed by atoms with E-state index in [0.29, 0.717) is 6.42 Å². The highest BCUT2D eigenvalue weighted by molar-refractivity contribution is 5.99. The van der Waals surface area contributed by atoms with Crippen LogP contribution in [0.15, 0.2) is 0 Å². The van der Waals surface area contributed by atoms with Gasteiger partial charge in [-0.2, -0.15) is 0 Å². The van der Waals surface area contributed by atoms with E-state index in [1.54, 1.807) is 6.92 Å². The summed E-state index contributed by atoms with van der Waals surface area (Å²) in [5.41, 5.74) is -1.16. The van der Waals surface area contributed by atoms with Crippen LogP contribution in [-0.4, -0.2) is 26.2 Å². The minimum absolute atomic E-state index is 0.479. The molecule has 0 unspecified atom stereocenters. The molecular weight excluding hydrogens is 208 g/mol. The summed E-state index contributed by atoms with van der Waals surface area (Å²) in [4.78, 5) is 23.1. The largest absolute Gasteiger partial charge is 0.468 e. The number of methoxy groups -OCH3 is 2. The Morgan fingerprint density at radius 2 is 1.50 bits per heavy atom. The van der Waals surface area contributed by atoms with Crippen LogP contribution in [-0.2, 0) is 19.1 Å². The van der Waals surface area contributed by atoms with Crippen LogP contribution in [0.2, 0.25) is 0 Å². The fraction of sp³-hybridized carbons (Fsp3) is 0.833. The van der Waals surface area contributed by atoms with Crippen molar-refractivity contribution in [2.45, 2.75) is 46.0 Å². The predicted molar refractivity (Wildman–Crippen MR) is 60.9 cm³/mol. The van der Waals surface area contributed by atoms with E-state index in [9.17, 15) is 9.59 Å². The fourth-order valence-electron chi connectivity index (χ4n) is 1.64. The van der Waals surface area contributed by atoms with Gasteiger partial charge in [-0.3, -0.25) is 9.59 Å². The number of carbonyl (C=O) groups is 2. The summed E-state index contributed by atoms with van der Waals surface area (Å²) in [5, 5.41) is 0. The van der Waals surface area contributed by atoms with Crippen molar-refractivity contribution < 1.29 is 19.1 Å². The van der Waals surface area contributed by atoms with Gasteiger partial charge >= 0.3 is 11.9 Å². The van der Waals surface area contributed by atoms with Crippen LogP contribution in [0.4, 0.5) is 0 Å². The number of unbranched alkanes of at least 4 members (excludes halogenated alkanes) is 3. The Morgan fingerprint density at radius 1 is 1.00 bits per heavy atom. The molecular formula is C12H22O4. The molecule has 0 fully saturated rings. The summed E-state index contributed by atoms with van der Waals surface area (Å²) in [6.45, 7) is 3.69. The van der Waals surface area contributed by atoms with Gasteiger partial charge in [-0.15, -0.1) is 0 Å². The van der Waals surface area contributed by atoms with Gasteiger partial charge in [0.25, 0.3) is 0 Å². The second-order valence-corrected chi connectivity index (χ2v) is 4.13. The SMILES string of the molecule is CCCCCCC(C)(C(=O)OC)C(=O)OC. The first-order chi connectivity index (χ1) is 7.52. The van der Waals surface area contributed by atoms with Crippen molar-refractivity contribution in [2.75, 3.05) is 14.2 Å². The first kappa shape index (κ1) is 14.9. The molecule has 0 N–H and O–H groups in total. The maximum Gasteiger partial charge on any atom is 0.322 e. The molecule has 0 radical (unpaired) electrons. The van der Waals surface area contributed by atoms with Crippen molar-refractivity contribution in [1.29, 1.82) is 0 Å². The summed E-state index contributed by atoms with van der Waals surface area (Å²) in [6, 6.07) is 0. The number of carbonyl (C=O) groups excluding carboxylic acids is 2. The lowest BCUT2D eigenvalue weighted by molar-refractivity contribution is -0.168. The van der Waals surface area contributed by atoms with Crippen molar-refractivity contribution in [3.63, 3.8) is 0 Å². The summed E-state index contributed by atoms with van der Waals surface area (Å²) < 4.78 is 9.31. The van der Waals surface area contributed by atoms with Gasteiger partial charge in [-0.05, 0) is 13.3 Å². The molecule has 0 aromatic carbocycles. The first-order valence-electron chi connectivity index (χ1n) is 5.69. The van der Waals surface area contributed by atoms with Crippen LogP contribution in [0.5, 0.6) is 0 Å². The van der Waals surface area contributed by atoms with E-state index in [2.05, 4.69) is 16.4 Å². The van der Waals surface area contributed by atoms with Gasteiger partial charge < -0.3 is 9.47 Å². The quantitative estimate of drug-likeness (QED) is 0.382. The highest BCUT2D eigenvalue weighted by Crippen LogP contribution is 2.28. The molecule has 0 bridgehead atoms. The highest BCUT2D eigenvalue weighted by Gasteiger charge is 2.42. The molecule has 0 aromatic heterocycles. The summed E-state index contributed by atoms with van der Waals surface area (Å²) in [6.07, 6.45) is 4.55. The third-order valence-electron chi connectivity index (χ3n) is 2.80. The lowest BCUT2D eigenvalue weighted by Crippen LogP contribution is -2.38. The third-order valence-corrected chi connectivity index (χ3v) is 2.80. The topological polar surface area (TPSA) is 52.6 Å². The zero-order valence-corrected chi connectivity index (χ0v) is 10.7. The van der Waals surface area contributed by atoms with E-state index >= 15 is 0 Å². The Labute approximate surface area is 97.3 Å². The van der Waals surface area contributed by atoms with Crippen molar-refractivity contribution in [1.82, 2.24) is 0 Å². The highest BCUT2D eigenvalue weighted by atomic mass is 16.5. The van der Waals surface area contributed by atoms with Crippen LogP contribution in [0.25, 0.3) is 0 Å². The van der Waals surface area contributed by atoms with Crippen LogP contribution in [0.1, 0.15) is 46.0 Å². The summed E-state index contributed by atoms with van der Waals surface area (Å²) in [7, 11) is 2.57. The Kier molecular flexibility index (Phi) is 6.77. The molecule has 4 nitrogen and oxygen atoms in total. The van der Waals surface area contributed by atoms with Gasteiger partial charge in [-0.25, -0.2) is 0 Å². The molecule has 0 amide bonds. The van der Waals surface area contributed by atoms with Crippen LogP contribution in [0.3, 0.4) is 0 Å². The smallest absolute Gasteiger partial charge is 0.322 e. The molecule has 0 spiro atoms. The van der Waals surface area contributed by atoms with Crippen molar-refractivity contribution in [3.8, 4) is 0 Å². The van der Waals surface area contributed by atoms with E-state index in [1.807, 2.05) is 0 Å². The first-order valence-corrected chi connectivity index (χ1v) is 5.69. The number of ether oxygens (including phenoxy) is 2. The monoisotopic (exact) mass is 230 g/mol. The number of rotatable bonds is 7. The second kappa shape index (κ2) is 7.25. The van der Waals surface area contributed by atoms with Gasteiger partial charge in [0, 0.05) is 0 Å². The van der Waals surface area contributed by atoms with Gasteiger partial charge in [0.2, 0.25) is 0 Å². The average Bonchev–Trinajstić information content (AvgIpc) is 2.32. The molecule has 0 saturated carbocycles. The zero-order valence-electron chi connectivity index (χ0n) is 10.7. The van der Waals surface area contributed by atoms with E-state index in [4.69, 9.17) is 0 Å². The van der Waals surface area contributed by atoms with Crippen LogP contribution >= 0.6 is 0 Å². The molecule has 0 atom stereocenters. The van der Waals surface area contributed by atoms with E-state index in [1.165, 1.54) is 14.2 Å². The maximum atomic E-state index is 11.6. The van der Waals surface area contributed by atoms with E-state index in [-0.39, 0.29) is 0 Å². The molecule has 0 rings (SSSR count). The maximum absolute atomic E-state index is 11.6. The molecule has 0 aliphatic heterocycles. The molecule has 0 heterocycles. The van der Waals surface area contributed by atoms with E-state index < -0.39 is 17.4 Å². The Morgan fingerprint density at radius 3 is 1.88 bits per heavy atom. The number of hydrogen-bond acceptors (Lipinski definition) is 4. The predicted octanol–water partition coefficient (Wildman–Crippen LogP) is 2.31. The van der Waals surface area contributed by atoms with Crippen LogP contribution in [0, 0.1) is 5.41 Å². The molecule has 16 heavy (non-hydrogen) atoms. The molecule has 0 aromatic rings. The summed E-state index contributed by atoms with van der Waals surface area (Å²) in [5.74, 6) is -1.04. The molecule has 0 aliphatic rings. The third kappa shape index (κ3) is 3.83. The van der Waals surface area contributed by atoms with Gasteiger partial charge in [-0.1, -0.05) is 32.6 Å². The lowest BCUT2D eigenvalue weighted by Gasteiger charge is -2.23. The van der Waals surface area contributed by atoms with Gasteiger partial charge in [0.1, 0.15) is 0 Å². The van der Waals surface area contributed by atoms with Crippen LogP contribution < -0.4 is 0 Å². The Balaban J connectivity index is 4.43. The molecule has 4 heteroatoms. The lowest BCUT2D eigenvalue weighted by atomic mass is 9.84. The van der Waals surface area contributed by atoms with Crippen molar-refractivity contribution in [3.05, 3.63) is 0 Å². The molecule has 0 saturated heterocycles. The number of hydrogen-bond donors (Lipinski definition) is 0. The fourth-order valence-corrected chi connectivity index (χ4v) is 1.64. The van der Waals surface area contributed by atoms with Crippen molar-refractivity contribution in [2.24, 2.45) is 5.41 Å².